The number of aromatic nitrogens is 2. The van der Waals surface area contributed by atoms with Crippen molar-refractivity contribution in [3.8, 4) is 5.19 Å². The van der Waals surface area contributed by atoms with Gasteiger partial charge in [0.15, 0.2) is 0 Å². The quantitative estimate of drug-likeness (QED) is 0.868. The highest BCUT2D eigenvalue weighted by Gasteiger charge is 2.15. The summed E-state index contributed by atoms with van der Waals surface area (Å²) in [5.74, 6) is 0. The first kappa shape index (κ1) is 9.57. The van der Waals surface area contributed by atoms with Crippen molar-refractivity contribution in [3.63, 3.8) is 0 Å². The van der Waals surface area contributed by atoms with Crippen LogP contribution in [0.3, 0.4) is 0 Å². The Bertz CT molecular complexity index is 399. The lowest BCUT2D eigenvalue weighted by atomic mass is 10.2. The lowest BCUT2D eigenvalue weighted by Crippen LogP contribution is -1.96. The van der Waals surface area contributed by atoms with Crippen molar-refractivity contribution < 1.29 is 9.84 Å². The van der Waals surface area contributed by atoms with Gasteiger partial charge >= 0.3 is 0 Å². The van der Waals surface area contributed by atoms with E-state index in [-0.39, 0.29) is 0 Å². The van der Waals surface area contributed by atoms with Crippen molar-refractivity contribution in [2.45, 2.75) is 6.10 Å². The maximum Gasteiger partial charge on any atom is 0.273 e. The fraction of sp³-hybridized carbons (Fsp3) is 0.250. The van der Waals surface area contributed by atoms with Gasteiger partial charge < -0.3 is 9.84 Å². The standard InChI is InChI=1S/C8H8N2O2S2/c1-12-8-9-4-6(14-8)7(11)5-2-3-13-10-5/h2-4,7,11H,1H3. The molecule has 2 heterocycles. The van der Waals surface area contributed by atoms with Gasteiger partial charge in [-0.15, -0.1) is 0 Å². The van der Waals surface area contributed by atoms with E-state index in [9.17, 15) is 5.11 Å². The van der Waals surface area contributed by atoms with Crippen LogP contribution in [0.15, 0.2) is 17.6 Å². The molecule has 2 rings (SSSR count). The van der Waals surface area contributed by atoms with Crippen LogP contribution in [0, 0.1) is 0 Å². The Morgan fingerprint density at radius 1 is 1.57 bits per heavy atom. The van der Waals surface area contributed by atoms with Crippen LogP contribution in [-0.2, 0) is 0 Å². The zero-order chi connectivity index (χ0) is 9.97. The second-order valence-electron chi connectivity index (χ2n) is 2.56. The molecular weight excluding hydrogens is 220 g/mol. The molecular formula is C8H8N2O2S2. The maximum atomic E-state index is 9.85. The molecule has 0 spiro atoms. The van der Waals surface area contributed by atoms with E-state index in [2.05, 4.69) is 9.36 Å². The topological polar surface area (TPSA) is 55.2 Å². The summed E-state index contributed by atoms with van der Waals surface area (Å²) in [6, 6.07) is 1.79. The molecule has 0 bridgehead atoms. The molecule has 0 saturated heterocycles. The fourth-order valence-electron chi connectivity index (χ4n) is 0.999. The van der Waals surface area contributed by atoms with Crippen molar-refractivity contribution in [3.05, 3.63) is 28.2 Å². The van der Waals surface area contributed by atoms with Gasteiger partial charge in [0.05, 0.1) is 17.7 Å². The largest absolute Gasteiger partial charge is 0.473 e. The monoisotopic (exact) mass is 228 g/mol. The Morgan fingerprint density at radius 3 is 3.00 bits per heavy atom. The molecule has 0 amide bonds. The molecule has 2 aromatic rings. The summed E-state index contributed by atoms with van der Waals surface area (Å²) in [5.41, 5.74) is 0.654. The first-order chi connectivity index (χ1) is 6.81. The molecule has 0 aliphatic carbocycles. The molecule has 0 fully saturated rings. The third kappa shape index (κ3) is 1.77. The molecule has 1 atom stereocenters. The average Bonchev–Trinajstić information content (AvgIpc) is 2.88. The molecule has 2 aromatic heterocycles. The zero-order valence-corrected chi connectivity index (χ0v) is 9.01. The van der Waals surface area contributed by atoms with Crippen LogP contribution in [0.2, 0.25) is 0 Å². The molecule has 0 aromatic carbocycles. The number of methoxy groups -OCH3 is 1. The SMILES string of the molecule is COc1ncc(C(O)c2ccsn2)s1. The first-order valence-electron chi connectivity index (χ1n) is 3.89. The Morgan fingerprint density at radius 2 is 2.43 bits per heavy atom. The van der Waals surface area contributed by atoms with E-state index in [0.717, 1.165) is 4.88 Å². The lowest BCUT2D eigenvalue weighted by Gasteiger charge is -2.02. The second-order valence-corrected chi connectivity index (χ2v) is 4.25. The number of nitrogens with zero attached hydrogens (tertiary/aromatic N) is 2. The van der Waals surface area contributed by atoms with Crippen LogP contribution >= 0.6 is 22.9 Å². The number of rotatable bonds is 3. The van der Waals surface area contributed by atoms with E-state index in [4.69, 9.17) is 4.74 Å². The molecule has 1 N–H and O–H groups in total. The molecule has 0 saturated carbocycles. The number of thiazole rings is 1. The second kappa shape index (κ2) is 4.04. The molecule has 14 heavy (non-hydrogen) atoms. The van der Waals surface area contributed by atoms with Gasteiger partial charge in [-0.2, -0.15) is 4.37 Å². The number of ether oxygens (including phenoxy) is 1. The van der Waals surface area contributed by atoms with Gasteiger partial charge in [-0.05, 0) is 17.6 Å². The first-order valence-corrected chi connectivity index (χ1v) is 5.54. The summed E-state index contributed by atoms with van der Waals surface area (Å²) in [6.45, 7) is 0. The minimum atomic E-state index is -0.692. The lowest BCUT2D eigenvalue weighted by molar-refractivity contribution is 0.220. The molecule has 74 valence electrons. The predicted octanol–water partition coefficient (Wildman–Crippen LogP) is 1.69. The summed E-state index contributed by atoms with van der Waals surface area (Å²) in [7, 11) is 1.55. The molecule has 1 unspecified atom stereocenters. The molecule has 0 aliphatic heterocycles. The van der Waals surface area contributed by atoms with Gasteiger partial charge in [0.25, 0.3) is 5.19 Å². The van der Waals surface area contributed by atoms with Crippen LogP contribution < -0.4 is 4.74 Å². The van der Waals surface area contributed by atoms with Crippen LogP contribution in [-0.4, -0.2) is 21.6 Å². The third-order valence-corrected chi connectivity index (χ3v) is 3.27. The number of aliphatic hydroxyl groups excluding tert-OH is 1. The maximum absolute atomic E-state index is 9.85. The van der Waals surface area contributed by atoms with Gasteiger partial charge in [0.2, 0.25) is 0 Å². The van der Waals surface area contributed by atoms with E-state index < -0.39 is 6.10 Å². The van der Waals surface area contributed by atoms with E-state index in [1.807, 2.05) is 5.38 Å². The van der Waals surface area contributed by atoms with E-state index in [1.54, 1.807) is 19.4 Å². The van der Waals surface area contributed by atoms with Crippen molar-refractivity contribution in [1.29, 1.82) is 0 Å². The van der Waals surface area contributed by atoms with E-state index >= 15 is 0 Å². The number of hydrogen-bond acceptors (Lipinski definition) is 6. The van der Waals surface area contributed by atoms with Gasteiger partial charge in [-0.25, -0.2) is 4.98 Å². The number of aliphatic hydroxyl groups is 1. The van der Waals surface area contributed by atoms with Crippen molar-refractivity contribution >= 4 is 22.9 Å². The van der Waals surface area contributed by atoms with Crippen LogP contribution in [0.25, 0.3) is 0 Å². The van der Waals surface area contributed by atoms with Crippen molar-refractivity contribution in [2.75, 3.05) is 7.11 Å². The highest BCUT2D eigenvalue weighted by Crippen LogP contribution is 2.29. The Kier molecular flexibility index (Phi) is 2.76. The highest BCUT2D eigenvalue weighted by molar-refractivity contribution is 7.13. The minimum Gasteiger partial charge on any atom is -0.473 e. The van der Waals surface area contributed by atoms with Gasteiger partial charge in [-0.3, -0.25) is 0 Å². The zero-order valence-electron chi connectivity index (χ0n) is 7.38. The minimum absolute atomic E-state index is 0.550. The summed E-state index contributed by atoms with van der Waals surface area (Å²) in [6.07, 6.45) is 0.913. The van der Waals surface area contributed by atoms with E-state index in [0.29, 0.717) is 10.9 Å². The Labute approximate surface area is 89.0 Å². The fourth-order valence-corrected chi connectivity index (χ4v) is 2.27. The summed E-state index contributed by atoms with van der Waals surface area (Å²) >= 11 is 2.64. The third-order valence-electron chi connectivity index (χ3n) is 1.68. The van der Waals surface area contributed by atoms with Gasteiger partial charge in [0, 0.05) is 11.6 Å². The van der Waals surface area contributed by atoms with Crippen LogP contribution in [0.5, 0.6) is 5.19 Å². The Hall–Kier alpha value is -0.980. The smallest absolute Gasteiger partial charge is 0.273 e. The van der Waals surface area contributed by atoms with Gasteiger partial charge in [-0.1, -0.05) is 11.3 Å². The summed E-state index contributed by atoms with van der Waals surface area (Å²) in [4.78, 5) is 4.72. The normalized spacial score (nSPS) is 12.7. The average molecular weight is 228 g/mol. The van der Waals surface area contributed by atoms with Crippen molar-refractivity contribution in [1.82, 2.24) is 9.36 Å². The number of hydrogen-bond donors (Lipinski definition) is 1. The molecule has 0 aliphatic rings. The summed E-state index contributed by atoms with van der Waals surface area (Å²) in [5, 5.41) is 12.2. The van der Waals surface area contributed by atoms with Crippen LogP contribution in [0.1, 0.15) is 16.7 Å². The molecule has 4 nitrogen and oxygen atoms in total. The molecule has 6 heteroatoms. The predicted molar refractivity (Wildman–Crippen MR) is 54.8 cm³/mol. The van der Waals surface area contributed by atoms with E-state index in [1.165, 1.54) is 22.9 Å². The Balaban J connectivity index is 2.23. The molecule has 0 radical (unpaired) electrons. The van der Waals surface area contributed by atoms with Crippen molar-refractivity contribution in [2.24, 2.45) is 0 Å². The highest BCUT2D eigenvalue weighted by atomic mass is 32.1. The van der Waals surface area contributed by atoms with Crippen LogP contribution in [0.4, 0.5) is 0 Å². The summed E-state index contributed by atoms with van der Waals surface area (Å²) < 4.78 is 9.00. The van der Waals surface area contributed by atoms with Gasteiger partial charge in [0.1, 0.15) is 6.10 Å².